The number of amides is 1. The van der Waals surface area contributed by atoms with Crippen LogP contribution in [0.3, 0.4) is 0 Å². The molecule has 1 amide bonds. The first kappa shape index (κ1) is 13.1. The molecule has 0 fully saturated rings. The second-order valence-corrected chi connectivity index (χ2v) is 4.50. The number of rotatable bonds is 3. The maximum atomic E-state index is 11.3. The van der Waals surface area contributed by atoms with Gasteiger partial charge in [-0.15, -0.1) is 0 Å². The van der Waals surface area contributed by atoms with Crippen molar-refractivity contribution in [2.45, 2.75) is 6.92 Å². The van der Waals surface area contributed by atoms with Gasteiger partial charge in [0.25, 0.3) is 0 Å². The number of fused-ring (bicyclic) bond motifs is 1. The van der Waals surface area contributed by atoms with Gasteiger partial charge in [0, 0.05) is 36.8 Å². The Morgan fingerprint density at radius 3 is 2.71 bits per heavy atom. The van der Waals surface area contributed by atoms with E-state index < -0.39 is 0 Å². The fourth-order valence-corrected chi connectivity index (χ4v) is 2.04. The SMILES string of the molecule is CC(=O)Nc1cc(Oc2ccccn2)cc2cccnc12. The highest BCUT2D eigenvalue weighted by Gasteiger charge is 2.08. The molecule has 0 atom stereocenters. The maximum absolute atomic E-state index is 11.3. The molecule has 0 aliphatic carbocycles. The molecular weight excluding hydrogens is 266 g/mol. The number of nitrogens with one attached hydrogen (secondary N) is 1. The second kappa shape index (κ2) is 5.58. The molecular formula is C16H13N3O2. The molecule has 0 saturated carbocycles. The maximum Gasteiger partial charge on any atom is 0.221 e. The van der Waals surface area contributed by atoms with Crippen LogP contribution in [0.1, 0.15) is 6.92 Å². The molecule has 1 N–H and O–H groups in total. The highest BCUT2D eigenvalue weighted by molar-refractivity contribution is 6.00. The van der Waals surface area contributed by atoms with Gasteiger partial charge >= 0.3 is 0 Å². The number of benzene rings is 1. The van der Waals surface area contributed by atoms with Gasteiger partial charge in [-0.3, -0.25) is 9.78 Å². The van der Waals surface area contributed by atoms with Gasteiger partial charge < -0.3 is 10.1 Å². The normalized spacial score (nSPS) is 10.3. The lowest BCUT2D eigenvalue weighted by Crippen LogP contribution is -2.06. The quantitative estimate of drug-likeness (QED) is 0.798. The average Bonchev–Trinajstić information content (AvgIpc) is 2.48. The van der Waals surface area contributed by atoms with Crippen LogP contribution in [0.15, 0.2) is 54.9 Å². The van der Waals surface area contributed by atoms with Crippen LogP contribution in [-0.2, 0) is 4.79 Å². The lowest BCUT2D eigenvalue weighted by molar-refractivity contribution is -0.114. The van der Waals surface area contributed by atoms with Crippen molar-refractivity contribution in [1.29, 1.82) is 0 Å². The Morgan fingerprint density at radius 1 is 1.10 bits per heavy atom. The molecule has 5 heteroatoms. The first-order valence-corrected chi connectivity index (χ1v) is 6.47. The third-order valence-electron chi connectivity index (χ3n) is 2.85. The average molecular weight is 279 g/mol. The van der Waals surface area contributed by atoms with Crippen LogP contribution in [0.25, 0.3) is 10.9 Å². The fraction of sp³-hybridized carbons (Fsp3) is 0.0625. The largest absolute Gasteiger partial charge is 0.439 e. The van der Waals surface area contributed by atoms with Crippen LogP contribution >= 0.6 is 0 Å². The Hall–Kier alpha value is -2.95. The Kier molecular flexibility index (Phi) is 3.47. The van der Waals surface area contributed by atoms with Crippen LogP contribution in [0.5, 0.6) is 11.6 Å². The third kappa shape index (κ3) is 2.97. The van der Waals surface area contributed by atoms with Gasteiger partial charge in [0.2, 0.25) is 11.8 Å². The minimum atomic E-state index is -0.156. The summed E-state index contributed by atoms with van der Waals surface area (Å²) in [5.74, 6) is 0.935. The number of hydrogen-bond acceptors (Lipinski definition) is 4. The summed E-state index contributed by atoms with van der Waals surface area (Å²) in [4.78, 5) is 19.8. The second-order valence-electron chi connectivity index (χ2n) is 4.50. The smallest absolute Gasteiger partial charge is 0.221 e. The van der Waals surface area contributed by atoms with E-state index in [1.165, 1.54) is 6.92 Å². The zero-order chi connectivity index (χ0) is 14.7. The molecule has 21 heavy (non-hydrogen) atoms. The van der Waals surface area contributed by atoms with Gasteiger partial charge in [0.05, 0.1) is 11.2 Å². The zero-order valence-corrected chi connectivity index (χ0v) is 11.4. The van der Waals surface area contributed by atoms with Crippen molar-refractivity contribution in [3.05, 3.63) is 54.9 Å². The third-order valence-corrected chi connectivity index (χ3v) is 2.85. The topological polar surface area (TPSA) is 64.1 Å². The van der Waals surface area contributed by atoms with Crippen LogP contribution in [0.2, 0.25) is 0 Å². The number of pyridine rings is 2. The molecule has 0 unspecified atom stereocenters. The Morgan fingerprint density at radius 2 is 1.95 bits per heavy atom. The molecule has 3 aromatic rings. The van der Waals surface area contributed by atoms with Gasteiger partial charge in [0.15, 0.2) is 0 Å². The van der Waals surface area contributed by atoms with E-state index in [0.29, 0.717) is 17.3 Å². The van der Waals surface area contributed by atoms with Gasteiger partial charge in [-0.05, 0) is 18.2 Å². The minimum absolute atomic E-state index is 0.156. The fourth-order valence-electron chi connectivity index (χ4n) is 2.04. The van der Waals surface area contributed by atoms with Crippen molar-refractivity contribution in [2.75, 3.05) is 5.32 Å². The van der Waals surface area contributed by atoms with E-state index in [-0.39, 0.29) is 5.91 Å². The van der Waals surface area contributed by atoms with Crippen molar-refractivity contribution >= 4 is 22.5 Å². The lowest BCUT2D eigenvalue weighted by Gasteiger charge is -2.10. The molecule has 3 rings (SSSR count). The summed E-state index contributed by atoms with van der Waals surface area (Å²) in [6.07, 6.45) is 3.35. The molecule has 0 radical (unpaired) electrons. The highest BCUT2D eigenvalue weighted by Crippen LogP contribution is 2.30. The Bertz CT molecular complexity index is 788. The monoisotopic (exact) mass is 279 g/mol. The van der Waals surface area contributed by atoms with Crippen molar-refractivity contribution in [3.63, 3.8) is 0 Å². The summed E-state index contributed by atoms with van der Waals surface area (Å²) in [7, 11) is 0. The van der Waals surface area contributed by atoms with Gasteiger partial charge in [0.1, 0.15) is 5.75 Å². The molecule has 5 nitrogen and oxygen atoms in total. The van der Waals surface area contributed by atoms with Crippen molar-refractivity contribution < 1.29 is 9.53 Å². The first-order chi connectivity index (χ1) is 10.2. The van der Waals surface area contributed by atoms with E-state index in [1.807, 2.05) is 30.3 Å². The highest BCUT2D eigenvalue weighted by atomic mass is 16.5. The van der Waals surface area contributed by atoms with E-state index in [4.69, 9.17) is 4.74 Å². The van der Waals surface area contributed by atoms with Crippen molar-refractivity contribution in [2.24, 2.45) is 0 Å². The number of aromatic nitrogens is 2. The number of anilines is 1. The zero-order valence-electron chi connectivity index (χ0n) is 11.4. The molecule has 104 valence electrons. The summed E-state index contributed by atoms with van der Waals surface area (Å²) < 4.78 is 5.72. The van der Waals surface area contributed by atoms with E-state index in [2.05, 4.69) is 15.3 Å². The van der Waals surface area contributed by atoms with Crippen LogP contribution in [0, 0.1) is 0 Å². The molecule has 0 saturated heterocycles. The Labute approximate surface area is 121 Å². The Balaban J connectivity index is 2.05. The summed E-state index contributed by atoms with van der Waals surface area (Å²) >= 11 is 0. The molecule has 0 spiro atoms. The van der Waals surface area contributed by atoms with Gasteiger partial charge in [-0.2, -0.15) is 0 Å². The number of carbonyl (C=O) groups is 1. The molecule has 2 heterocycles. The van der Waals surface area contributed by atoms with Crippen molar-refractivity contribution in [3.8, 4) is 11.6 Å². The number of nitrogens with zero attached hydrogens (tertiary/aromatic N) is 2. The predicted molar refractivity (Wildman–Crippen MR) is 80.4 cm³/mol. The van der Waals surface area contributed by atoms with E-state index in [0.717, 1.165) is 10.9 Å². The molecule has 1 aromatic carbocycles. The number of ether oxygens (including phenoxy) is 1. The summed E-state index contributed by atoms with van der Waals surface area (Å²) in [5.41, 5.74) is 1.34. The van der Waals surface area contributed by atoms with E-state index in [9.17, 15) is 4.79 Å². The van der Waals surface area contributed by atoms with Crippen LogP contribution in [0.4, 0.5) is 5.69 Å². The number of hydrogen-bond donors (Lipinski definition) is 1. The minimum Gasteiger partial charge on any atom is -0.439 e. The molecule has 0 bridgehead atoms. The first-order valence-electron chi connectivity index (χ1n) is 6.47. The summed E-state index contributed by atoms with van der Waals surface area (Å²) in [6.45, 7) is 1.46. The molecule has 2 aromatic heterocycles. The van der Waals surface area contributed by atoms with Crippen LogP contribution in [-0.4, -0.2) is 15.9 Å². The molecule has 0 aliphatic heterocycles. The van der Waals surface area contributed by atoms with Crippen molar-refractivity contribution in [1.82, 2.24) is 9.97 Å². The van der Waals surface area contributed by atoms with Gasteiger partial charge in [-0.25, -0.2) is 4.98 Å². The van der Waals surface area contributed by atoms with Gasteiger partial charge in [-0.1, -0.05) is 12.1 Å². The van der Waals surface area contributed by atoms with E-state index >= 15 is 0 Å². The number of carbonyl (C=O) groups excluding carboxylic acids is 1. The van der Waals surface area contributed by atoms with Crippen LogP contribution < -0.4 is 10.1 Å². The lowest BCUT2D eigenvalue weighted by atomic mass is 10.1. The summed E-state index contributed by atoms with van der Waals surface area (Å²) in [6, 6.07) is 12.8. The van der Waals surface area contributed by atoms with E-state index in [1.54, 1.807) is 24.5 Å². The standard InChI is InChI=1S/C16H13N3O2/c1-11(20)19-14-10-13(21-15-6-2-3-7-17-15)9-12-5-4-8-18-16(12)14/h2-10H,1H3,(H,19,20). The predicted octanol–water partition coefficient (Wildman–Crippen LogP) is 3.38. The summed E-state index contributed by atoms with van der Waals surface area (Å²) in [5, 5.41) is 3.66. The molecule has 0 aliphatic rings.